The summed E-state index contributed by atoms with van der Waals surface area (Å²) in [6.07, 6.45) is 4.66. The van der Waals surface area contributed by atoms with Crippen molar-refractivity contribution in [1.29, 1.82) is 0 Å². The average molecular weight is 267 g/mol. The normalized spacial score (nSPS) is 16.7. The molecule has 0 amide bonds. The number of halogens is 1. The number of nitrogens with zero attached hydrogens (tertiary/aromatic N) is 1. The van der Waals surface area contributed by atoms with Crippen molar-refractivity contribution in [3.63, 3.8) is 0 Å². The van der Waals surface area contributed by atoms with Crippen LogP contribution in [-0.2, 0) is 6.42 Å². The van der Waals surface area contributed by atoms with E-state index in [0.717, 1.165) is 30.3 Å². The summed E-state index contributed by atoms with van der Waals surface area (Å²) in [5.41, 5.74) is 8.64. The van der Waals surface area contributed by atoms with Crippen LogP contribution in [-0.4, -0.2) is 19.6 Å². The van der Waals surface area contributed by atoms with Crippen molar-refractivity contribution in [3.05, 3.63) is 28.8 Å². The van der Waals surface area contributed by atoms with Gasteiger partial charge in [0.05, 0.1) is 0 Å². The number of anilines is 1. The van der Waals surface area contributed by atoms with Crippen LogP contribution in [0.1, 0.15) is 31.7 Å². The van der Waals surface area contributed by atoms with Gasteiger partial charge in [0, 0.05) is 30.3 Å². The van der Waals surface area contributed by atoms with Crippen molar-refractivity contribution in [2.24, 2.45) is 11.7 Å². The highest BCUT2D eigenvalue weighted by Gasteiger charge is 2.23. The van der Waals surface area contributed by atoms with Crippen LogP contribution in [0.25, 0.3) is 0 Å². The molecule has 0 radical (unpaired) electrons. The fourth-order valence-corrected chi connectivity index (χ4v) is 2.50. The summed E-state index contributed by atoms with van der Waals surface area (Å²) in [4.78, 5) is 2.35. The molecule has 1 aromatic rings. The standard InChI is InChI=1S/C15H23ClN2/c1-3-14(17)9-12-8-13(16)6-7-15(12)18(2)10-11-4-5-11/h6-8,11,14H,3-5,9-10,17H2,1-2H3. The SMILES string of the molecule is CCC(N)Cc1cc(Cl)ccc1N(C)CC1CC1. The zero-order valence-corrected chi connectivity index (χ0v) is 12.1. The Morgan fingerprint density at radius 3 is 2.78 bits per heavy atom. The number of rotatable bonds is 6. The Kier molecular flexibility index (Phi) is 4.52. The minimum Gasteiger partial charge on any atom is -0.374 e. The molecule has 2 N–H and O–H groups in total. The van der Waals surface area contributed by atoms with Gasteiger partial charge in [0.15, 0.2) is 0 Å². The second-order valence-electron chi connectivity index (χ2n) is 5.47. The lowest BCUT2D eigenvalue weighted by atomic mass is 10.0. The van der Waals surface area contributed by atoms with Crippen LogP contribution in [0, 0.1) is 5.92 Å². The average Bonchev–Trinajstić information content (AvgIpc) is 3.12. The van der Waals surface area contributed by atoms with Gasteiger partial charge in [-0.25, -0.2) is 0 Å². The maximum atomic E-state index is 6.11. The van der Waals surface area contributed by atoms with Gasteiger partial charge in [-0.15, -0.1) is 0 Å². The lowest BCUT2D eigenvalue weighted by Crippen LogP contribution is -2.25. The Bertz CT molecular complexity index is 401. The fourth-order valence-electron chi connectivity index (χ4n) is 2.30. The summed E-state index contributed by atoms with van der Waals surface area (Å²) in [6.45, 7) is 3.28. The number of benzene rings is 1. The van der Waals surface area contributed by atoms with Crippen LogP contribution in [0.5, 0.6) is 0 Å². The molecule has 0 spiro atoms. The van der Waals surface area contributed by atoms with Crippen LogP contribution >= 0.6 is 11.6 Å². The minimum absolute atomic E-state index is 0.219. The molecule has 1 unspecified atom stereocenters. The van der Waals surface area contributed by atoms with Crippen LogP contribution in [0.3, 0.4) is 0 Å². The Balaban J connectivity index is 2.15. The van der Waals surface area contributed by atoms with Gasteiger partial charge in [0.1, 0.15) is 0 Å². The first-order valence-electron chi connectivity index (χ1n) is 6.85. The van der Waals surface area contributed by atoms with Gasteiger partial charge in [0.25, 0.3) is 0 Å². The highest BCUT2D eigenvalue weighted by Crippen LogP contribution is 2.32. The number of hydrogen-bond donors (Lipinski definition) is 1. The van der Waals surface area contributed by atoms with Crippen molar-refractivity contribution < 1.29 is 0 Å². The first-order chi connectivity index (χ1) is 8.60. The van der Waals surface area contributed by atoms with Crippen LogP contribution < -0.4 is 10.6 Å². The van der Waals surface area contributed by atoms with Gasteiger partial charge in [-0.2, -0.15) is 0 Å². The van der Waals surface area contributed by atoms with Gasteiger partial charge in [-0.05, 0) is 55.4 Å². The molecule has 0 bridgehead atoms. The van der Waals surface area contributed by atoms with Crippen LogP contribution in [0.4, 0.5) is 5.69 Å². The summed E-state index contributed by atoms with van der Waals surface area (Å²) < 4.78 is 0. The molecule has 1 fully saturated rings. The maximum absolute atomic E-state index is 6.11. The molecule has 1 aliphatic rings. The lowest BCUT2D eigenvalue weighted by molar-refractivity contribution is 0.644. The maximum Gasteiger partial charge on any atom is 0.0410 e. The third kappa shape index (κ3) is 3.63. The van der Waals surface area contributed by atoms with E-state index >= 15 is 0 Å². The second kappa shape index (κ2) is 5.94. The lowest BCUT2D eigenvalue weighted by Gasteiger charge is -2.24. The molecule has 100 valence electrons. The molecule has 1 aliphatic carbocycles. The Morgan fingerprint density at radius 1 is 1.44 bits per heavy atom. The van der Waals surface area contributed by atoms with Gasteiger partial charge in [-0.1, -0.05) is 18.5 Å². The predicted octanol–water partition coefficient (Wildman–Crippen LogP) is 3.47. The summed E-state index contributed by atoms with van der Waals surface area (Å²) in [5.74, 6) is 0.887. The molecule has 3 heteroatoms. The fraction of sp³-hybridized carbons (Fsp3) is 0.600. The second-order valence-corrected chi connectivity index (χ2v) is 5.91. The molecule has 18 heavy (non-hydrogen) atoms. The van der Waals surface area contributed by atoms with E-state index in [9.17, 15) is 0 Å². The smallest absolute Gasteiger partial charge is 0.0410 e. The summed E-state index contributed by atoms with van der Waals surface area (Å²) in [7, 11) is 2.17. The van der Waals surface area contributed by atoms with Crippen molar-refractivity contribution in [3.8, 4) is 0 Å². The molecule has 1 aromatic carbocycles. The summed E-state index contributed by atoms with van der Waals surface area (Å²) in [5, 5.41) is 0.803. The van der Waals surface area contributed by atoms with E-state index in [-0.39, 0.29) is 6.04 Å². The van der Waals surface area contributed by atoms with E-state index in [1.54, 1.807) is 0 Å². The molecule has 1 saturated carbocycles. The molecule has 0 aliphatic heterocycles. The van der Waals surface area contributed by atoms with Crippen molar-refractivity contribution >= 4 is 17.3 Å². The molecule has 0 aromatic heterocycles. The molecule has 2 rings (SSSR count). The van der Waals surface area contributed by atoms with Gasteiger partial charge >= 0.3 is 0 Å². The Morgan fingerprint density at radius 2 is 2.17 bits per heavy atom. The quantitative estimate of drug-likeness (QED) is 0.854. The molecular formula is C15H23ClN2. The predicted molar refractivity (Wildman–Crippen MR) is 79.4 cm³/mol. The van der Waals surface area contributed by atoms with Gasteiger partial charge < -0.3 is 10.6 Å². The highest BCUT2D eigenvalue weighted by molar-refractivity contribution is 6.30. The zero-order valence-electron chi connectivity index (χ0n) is 11.3. The van der Waals surface area contributed by atoms with Crippen LogP contribution in [0.15, 0.2) is 18.2 Å². The summed E-state index contributed by atoms with van der Waals surface area (Å²) in [6, 6.07) is 6.39. The minimum atomic E-state index is 0.219. The number of hydrogen-bond acceptors (Lipinski definition) is 2. The monoisotopic (exact) mass is 266 g/mol. The molecule has 0 saturated heterocycles. The van der Waals surface area contributed by atoms with Crippen molar-refractivity contribution in [1.82, 2.24) is 0 Å². The molecule has 0 heterocycles. The largest absolute Gasteiger partial charge is 0.374 e. The Hall–Kier alpha value is -0.730. The molecule has 1 atom stereocenters. The van der Waals surface area contributed by atoms with E-state index in [1.165, 1.54) is 24.1 Å². The van der Waals surface area contributed by atoms with E-state index in [2.05, 4.69) is 31.0 Å². The highest BCUT2D eigenvalue weighted by atomic mass is 35.5. The third-order valence-electron chi connectivity index (χ3n) is 3.69. The first-order valence-corrected chi connectivity index (χ1v) is 7.23. The van der Waals surface area contributed by atoms with Crippen molar-refractivity contribution in [2.45, 2.75) is 38.6 Å². The van der Waals surface area contributed by atoms with Gasteiger partial charge in [0.2, 0.25) is 0 Å². The van der Waals surface area contributed by atoms with E-state index < -0.39 is 0 Å². The van der Waals surface area contributed by atoms with E-state index in [0.29, 0.717) is 0 Å². The topological polar surface area (TPSA) is 29.3 Å². The van der Waals surface area contributed by atoms with E-state index in [4.69, 9.17) is 17.3 Å². The molecule has 2 nitrogen and oxygen atoms in total. The van der Waals surface area contributed by atoms with Crippen molar-refractivity contribution in [2.75, 3.05) is 18.5 Å². The number of nitrogens with two attached hydrogens (primary N) is 1. The Labute approximate surface area is 115 Å². The summed E-state index contributed by atoms with van der Waals surface area (Å²) >= 11 is 6.11. The van der Waals surface area contributed by atoms with Crippen LogP contribution in [0.2, 0.25) is 5.02 Å². The zero-order chi connectivity index (χ0) is 13.1. The molecular weight excluding hydrogens is 244 g/mol. The van der Waals surface area contributed by atoms with Gasteiger partial charge in [-0.3, -0.25) is 0 Å². The van der Waals surface area contributed by atoms with E-state index in [1.807, 2.05) is 6.07 Å². The first kappa shape index (κ1) is 13.7. The third-order valence-corrected chi connectivity index (χ3v) is 3.92.